The van der Waals surface area contributed by atoms with Crippen molar-refractivity contribution in [2.45, 2.75) is 213 Å². The third-order valence-electron chi connectivity index (χ3n) is 9.52. The zero-order valence-electron chi connectivity index (χ0n) is 36.4. The predicted octanol–water partition coefficient (Wildman–Crippen LogP) is 14.7. The second kappa shape index (κ2) is 44.6. The summed E-state index contributed by atoms with van der Waals surface area (Å²) in [6, 6.07) is 0. The fourth-order valence-electron chi connectivity index (χ4n) is 6.11. The Morgan fingerprint density at radius 1 is 0.393 bits per heavy atom. The van der Waals surface area contributed by atoms with Gasteiger partial charge in [-0.15, -0.1) is 0 Å². The maximum atomic E-state index is 12.7. The molecule has 1 unspecified atom stereocenters. The largest absolute Gasteiger partial charge is 0.462 e. The molecule has 320 valence electrons. The molecule has 0 aliphatic heterocycles. The van der Waals surface area contributed by atoms with E-state index < -0.39 is 6.10 Å². The van der Waals surface area contributed by atoms with E-state index in [1.165, 1.54) is 70.6 Å². The number of ether oxygens (including phenoxy) is 3. The van der Waals surface area contributed by atoms with Gasteiger partial charge in [0.05, 0.1) is 0 Å². The van der Waals surface area contributed by atoms with Crippen LogP contribution in [0, 0.1) is 0 Å². The molecule has 0 saturated heterocycles. The molecule has 0 aromatic heterocycles. The summed E-state index contributed by atoms with van der Waals surface area (Å²) < 4.78 is 16.6. The minimum Gasteiger partial charge on any atom is -0.462 e. The van der Waals surface area contributed by atoms with Gasteiger partial charge in [-0.2, -0.15) is 0 Å². The van der Waals surface area contributed by atoms with Crippen LogP contribution in [0.2, 0.25) is 0 Å². The van der Waals surface area contributed by atoms with Gasteiger partial charge in [0.2, 0.25) is 0 Å². The van der Waals surface area contributed by atoms with Crippen molar-refractivity contribution in [3.05, 3.63) is 72.9 Å². The molecule has 1 atom stereocenters. The van der Waals surface area contributed by atoms with Crippen LogP contribution in [-0.4, -0.2) is 37.2 Å². The second-order valence-corrected chi connectivity index (χ2v) is 15.0. The lowest BCUT2D eigenvalue weighted by molar-refractivity contribution is -0.167. The summed E-state index contributed by atoms with van der Waals surface area (Å²) in [4.78, 5) is 37.7. The van der Waals surface area contributed by atoms with Crippen molar-refractivity contribution in [1.82, 2.24) is 0 Å². The molecule has 0 bridgehead atoms. The van der Waals surface area contributed by atoms with Crippen LogP contribution in [0.4, 0.5) is 0 Å². The molecule has 0 heterocycles. The zero-order chi connectivity index (χ0) is 40.8. The highest BCUT2D eigenvalue weighted by atomic mass is 16.6. The van der Waals surface area contributed by atoms with Crippen LogP contribution in [0.25, 0.3) is 0 Å². The SMILES string of the molecule is CC\C=C/C=C\C=C/CCCCCCCC(=O)OC(COC(=O)CCC/C=C\C/C=C\C/C=C\CC)COC(=O)CCCCCCCCCCCCCCCC. The topological polar surface area (TPSA) is 78.9 Å². The van der Waals surface area contributed by atoms with Gasteiger partial charge < -0.3 is 14.2 Å². The van der Waals surface area contributed by atoms with Crippen LogP contribution in [0.15, 0.2) is 72.9 Å². The molecule has 0 radical (unpaired) electrons. The van der Waals surface area contributed by atoms with E-state index in [0.29, 0.717) is 19.3 Å². The van der Waals surface area contributed by atoms with Gasteiger partial charge in [0, 0.05) is 19.3 Å². The Kier molecular flexibility index (Phi) is 42.1. The van der Waals surface area contributed by atoms with Crippen LogP contribution in [0.5, 0.6) is 0 Å². The maximum Gasteiger partial charge on any atom is 0.306 e. The molecule has 56 heavy (non-hydrogen) atoms. The number of unbranched alkanes of at least 4 members (excludes halogenated alkanes) is 19. The number of carbonyl (C=O) groups is 3. The molecule has 0 spiro atoms. The number of hydrogen-bond donors (Lipinski definition) is 0. The normalized spacial score (nSPS) is 12.7. The van der Waals surface area contributed by atoms with E-state index in [4.69, 9.17) is 14.2 Å². The van der Waals surface area contributed by atoms with Gasteiger partial charge in [0.15, 0.2) is 6.10 Å². The first-order valence-corrected chi connectivity index (χ1v) is 23.0. The fourth-order valence-corrected chi connectivity index (χ4v) is 6.11. The molecule has 0 aromatic rings. The molecule has 0 aliphatic carbocycles. The summed E-state index contributed by atoms with van der Waals surface area (Å²) >= 11 is 0. The lowest BCUT2D eigenvalue weighted by atomic mass is 10.0. The van der Waals surface area contributed by atoms with Gasteiger partial charge in [-0.25, -0.2) is 0 Å². The van der Waals surface area contributed by atoms with E-state index in [9.17, 15) is 14.4 Å². The van der Waals surface area contributed by atoms with Gasteiger partial charge in [0.25, 0.3) is 0 Å². The van der Waals surface area contributed by atoms with Gasteiger partial charge in [0.1, 0.15) is 13.2 Å². The smallest absolute Gasteiger partial charge is 0.306 e. The van der Waals surface area contributed by atoms with Gasteiger partial charge >= 0.3 is 17.9 Å². The molecule has 0 N–H and O–H groups in total. The van der Waals surface area contributed by atoms with Crippen molar-refractivity contribution in [3.8, 4) is 0 Å². The minimum absolute atomic E-state index is 0.0987. The summed E-state index contributed by atoms with van der Waals surface area (Å²) in [5.41, 5.74) is 0. The van der Waals surface area contributed by atoms with Crippen LogP contribution in [0.3, 0.4) is 0 Å². The van der Waals surface area contributed by atoms with Gasteiger partial charge in [-0.05, 0) is 64.2 Å². The zero-order valence-corrected chi connectivity index (χ0v) is 36.4. The molecule has 0 amide bonds. The molecule has 0 aromatic carbocycles. The van der Waals surface area contributed by atoms with E-state index in [1.807, 2.05) is 6.08 Å². The van der Waals surface area contributed by atoms with E-state index in [2.05, 4.69) is 87.6 Å². The third-order valence-corrected chi connectivity index (χ3v) is 9.52. The highest BCUT2D eigenvalue weighted by Gasteiger charge is 2.19. The average molecular weight is 781 g/mol. The predicted molar refractivity (Wildman–Crippen MR) is 238 cm³/mol. The molecule has 6 nitrogen and oxygen atoms in total. The Morgan fingerprint density at radius 3 is 1.34 bits per heavy atom. The van der Waals surface area contributed by atoms with Crippen molar-refractivity contribution in [2.24, 2.45) is 0 Å². The Hall–Kier alpha value is -3.15. The molecule has 0 rings (SSSR count). The van der Waals surface area contributed by atoms with E-state index in [0.717, 1.165) is 89.9 Å². The monoisotopic (exact) mass is 781 g/mol. The summed E-state index contributed by atoms with van der Waals surface area (Å²) in [5.74, 6) is -0.981. The Labute approximate surface area is 344 Å². The Morgan fingerprint density at radius 2 is 0.804 bits per heavy atom. The quantitative estimate of drug-likeness (QED) is 0.0203. The summed E-state index contributed by atoms with van der Waals surface area (Å²) in [6.07, 6.45) is 54.6. The number of allylic oxidation sites excluding steroid dienone is 12. The minimum atomic E-state index is -0.802. The molecule has 6 heteroatoms. The van der Waals surface area contributed by atoms with Crippen LogP contribution >= 0.6 is 0 Å². The lowest BCUT2D eigenvalue weighted by Crippen LogP contribution is -2.30. The average Bonchev–Trinajstić information content (AvgIpc) is 3.19. The van der Waals surface area contributed by atoms with Crippen molar-refractivity contribution < 1.29 is 28.6 Å². The molecule has 0 aliphatic rings. The Balaban J connectivity index is 4.46. The summed E-state index contributed by atoms with van der Waals surface area (Å²) in [6.45, 7) is 6.31. The standard InChI is InChI=1S/C50H84O6/c1-4-7-10-13-16-19-22-24-26-28-31-34-37-40-43-49(52)55-46-47(45-54-48(51)42-39-36-33-30-27-21-18-15-12-9-6-3)56-50(53)44-41-38-35-32-29-25-23-20-17-14-11-8-5-2/h8-9,11-12,14,17-18,20-21,23,30,33,47H,4-7,10,13,15-16,19,22,24-29,31-32,34-46H2,1-3H3/b11-8-,12-9-,17-14-,21-18-,23-20-,33-30-. The summed E-state index contributed by atoms with van der Waals surface area (Å²) in [5, 5.41) is 0. The van der Waals surface area contributed by atoms with Crippen LogP contribution in [0.1, 0.15) is 207 Å². The second-order valence-electron chi connectivity index (χ2n) is 15.0. The molecule has 0 fully saturated rings. The lowest BCUT2D eigenvalue weighted by Gasteiger charge is -2.18. The third kappa shape index (κ3) is 42.0. The van der Waals surface area contributed by atoms with Crippen molar-refractivity contribution in [2.75, 3.05) is 13.2 Å². The van der Waals surface area contributed by atoms with Crippen LogP contribution in [-0.2, 0) is 28.6 Å². The first-order valence-electron chi connectivity index (χ1n) is 23.0. The van der Waals surface area contributed by atoms with Crippen LogP contribution < -0.4 is 0 Å². The summed E-state index contributed by atoms with van der Waals surface area (Å²) in [7, 11) is 0. The molecular formula is C50H84O6. The highest BCUT2D eigenvalue weighted by Crippen LogP contribution is 2.14. The number of rotatable bonds is 40. The highest BCUT2D eigenvalue weighted by molar-refractivity contribution is 5.71. The van der Waals surface area contributed by atoms with E-state index in [1.54, 1.807) is 0 Å². The van der Waals surface area contributed by atoms with Crippen molar-refractivity contribution in [1.29, 1.82) is 0 Å². The van der Waals surface area contributed by atoms with E-state index >= 15 is 0 Å². The Bertz CT molecular complexity index is 1080. The van der Waals surface area contributed by atoms with Gasteiger partial charge in [-0.3, -0.25) is 14.4 Å². The fraction of sp³-hybridized carbons (Fsp3) is 0.700. The van der Waals surface area contributed by atoms with Crippen molar-refractivity contribution >= 4 is 17.9 Å². The van der Waals surface area contributed by atoms with Crippen molar-refractivity contribution in [3.63, 3.8) is 0 Å². The number of hydrogen-bond acceptors (Lipinski definition) is 6. The van der Waals surface area contributed by atoms with E-state index in [-0.39, 0.29) is 37.5 Å². The molecule has 0 saturated carbocycles. The number of carbonyl (C=O) groups excluding carboxylic acids is 3. The van der Waals surface area contributed by atoms with Gasteiger partial charge in [-0.1, -0.05) is 196 Å². The first kappa shape index (κ1) is 52.9. The number of esters is 3. The molecular weight excluding hydrogens is 697 g/mol. The maximum absolute atomic E-state index is 12.7. The first-order chi connectivity index (χ1) is 27.5.